The van der Waals surface area contributed by atoms with Crippen LogP contribution in [0.1, 0.15) is 61.4 Å². The number of fused-ring (bicyclic) bond motifs is 5. The third-order valence-corrected chi connectivity index (χ3v) is 5.32. The molecule has 33 heavy (non-hydrogen) atoms. The highest BCUT2D eigenvalue weighted by Crippen LogP contribution is 2.40. The van der Waals surface area contributed by atoms with Crippen LogP contribution in [0, 0.1) is 11.8 Å². The van der Waals surface area contributed by atoms with Crippen LogP contribution in [0.4, 0.5) is 8.78 Å². The zero-order valence-electron chi connectivity index (χ0n) is 19.2. The maximum atomic E-state index is 13.2. The summed E-state index contributed by atoms with van der Waals surface area (Å²) < 4.78 is 32.9. The Labute approximate surface area is 192 Å². The van der Waals surface area contributed by atoms with E-state index in [1.807, 2.05) is 39.0 Å². The summed E-state index contributed by atoms with van der Waals surface area (Å²) in [6, 6.07) is 9.80. The number of aromatic nitrogens is 2. The lowest BCUT2D eigenvalue weighted by molar-refractivity contribution is -0.0498. The summed E-state index contributed by atoms with van der Waals surface area (Å²) in [6.45, 7) is 3.39. The van der Waals surface area contributed by atoms with Crippen molar-refractivity contribution in [2.45, 2.75) is 46.3 Å². The van der Waals surface area contributed by atoms with Gasteiger partial charge in [0.1, 0.15) is 11.5 Å². The molecule has 4 rings (SSSR count). The summed E-state index contributed by atoms with van der Waals surface area (Å²) in [6.07, 6.45) is 1.17. The number of hydrogen-bond acceptors (Lipinski definition) is 4. The lowest BCUT2D eigenvalue weighted by Gasteiger charge is -2.24. The maximum Gasteiger partial charge on any atom is 0.387 e. The van der Waals surface area contributed by atoms with Crippen molar-refractivity contribution in [3.63, 3.8) is 0 Å². The highest BCUT2D eigenvalue weighted by Gasteiger charge is 2.35. The second kappa shape index (κ2) is 10.5. The number of nitrogens with two attached hydrogens (primary N) is 1. The van der Waals surface area contributed by atoms with Crippen molar-refractivity contribution in [2.24, 2.45) is 5.73 Å². The maximum absolute atomic E-state index is 13.2. The van der Waals surface area contributed by atoms with Crippen molar-refractivity contribution >= 4 is 16.9 Å². The minimum atomic E-state index is -3.03. The van der Waals surface area contributed by atoms with Crippen molar-refractivity contribution in [2.75, 3.05) is 13.6 Å². The lowest BCUT2D eigenvalue weighted by atomic mass is 10.1. The van der Waals surface area contributed by atoms with Gasteiger partial charge in [-0.15, -0.1) is 0 Å². The number of benzene rings is 2. The van der Waals surface area contributed by atoms with E-state index in [9.17, 15) is 13.6 Å². The van der Waals surface area contributed by atoms with Gasteiger partial charge in [-0.05, 0) is 36.8 Å². The molecule has 1 atom stereocenters. The Morgan fingerprint density at radius 2 is 2.00 bits per heavy atom. The summed E-state index contributed by atoms with van der Waals surface area (Å²) in [5.74, 6) is 6.30. The monoisotopic (exact) mass is 454 g/mol. The van der Waals surface area contributed by atoms with Crippen LogP contribution in [0.3, 0.4) is 0 Å². The predicted molar refractivity (Wildman–Crippen MR) is 125 cm³/mol. The van der Waals surface area contributed by atoms with Crippen molar-refractivity contribution in [3.05, 3.63) is 53.3 Å². The molecule has 2 N–H and O–H groups in total. The number of hydrogen-bond donors (Lipinski definition) is 1. The number of rotatable bonds is 4. The Morgan fingerprint density at radius 1 is 1.24 bits per heavy atom. The van der Waals surface area contributed by atoms with Crippen LogP contribution in [-0.4, -0.2) is 40.6 Å². The standard InChI is InChI=1S/C23H22F2N4O2.C2H6/c1-3-17-21-27-16-11-10-14(7-4-5-12-26)13-18(16)29(21)20-15(22(30)28(17)2)8-6-9-19(20)31-23(24)25;1-2/h6,8-11,13,17,23H,3,5,12,26H2,1-2H3;1-2H3. The van der Waals surface area contributed by atoms with Crippen molar-refractivity contribution in [3.8, 4) is 23.3 Å². The van der Waals surface area contributed by atoms with E-state index in [-0.39, 0.29) is 28.9 Å². The highest BCUT2D eigenvalue weighted by molar-refractivity contribution is 6.00. The first-order valence-corrected chi connectivity index (χ1v) is 11.0. The molecule has 2 aromatic carbocycles. The molecule has 0 spiro atoms. The summed E-state index contributed by atoms with van der Waals surface area (Å²) in [4.78, 5) is 19.6. The minimum Gasteiger partial charge on any atom is -0.433 e. The van der Waals surface area contributed by atoms with Gasteiger partial charge in [-0.25, -0.2) is 4.98 Å². The summed E-state index contributed by atoms with van der Waals surface area (Å²) in [5, 5.41) is 0. The van der Waals surface area contributed by atoms with Gasteiger partial charge in [0.2, 0.25) is 0 Å². The Morgan fingerprint density at radius 3 is 2.67 bits per heavy atom. The third-order valence-electron chi connectivity index (χ3n) is 5.32. The first-order chi connectivity index (χ1) is 16.0. The Kier molecular flexibility index (Phi) is 7.67. The molecule has 8 heteroatoms. The minimum absolute atomic E-state index is 0.0776. The van der Waals surface area contributed by atoms with Gasteiger partial charge in [-0.1, -0.05) is 38.7 Å². The molecule has 0 saturated carbocycles. The van der Waals surface area contributed by atoms with E-state index in [2.05, 4.69) is 11.8 Å². The number of alkyl halides is 2. The van der Waals surface area contributed by atoms with Crippen LogP contribution in [0.2, 0.25) is 0 Å². The van der Waals surface area contributed by atoms with E-state index in [0.717, 1.165) is 5.56 Å². The van der Waals surface area contributed by atoms with Crippen LogP contribution in [0.5, 0.6) is 5.75 Å². The van der Waals surface area contributed by atoms with Gasteiger partial charge in [-0.2, -0.15) is 8.78 Å². The fourth-order valence-electron chi connectivity index (χ4n) is 3.94. The van der Waals surface area contributed by atoms with Crippen molar-refractivity contribution in [1.82, 2.24) is 14.5 Å². The molecule has 174 valence electrons. The second-order valence-electron chi connectivity index (χ2n) is 7.22. The smallest absolute Gasteiger partial charge is 0.387 e. The van der Waals surface area contributed by atoms with Gasteiger partial charge in [0, 0.05) is 25.6 Å². The summed E-state index contributed by atoms with van der Waals surface area (Å²) >= 11 is 0. The molecule has 1 aliphatic rings. The molecule has 6 nitrogen and oxygen atoms in total. The number of para-hydroxylation sites is 1. The molecule has 3 aromatic rings. The molecule has 1 aromatic heterocycles. The van der Waals surface area contributed by atoms with Gasteiger partial charge in [0.15, 0.2) is 5.75 Å². The average Bonchev–Trinajstić information content (AvgIpc) is 3.14. The van der Waals surface area contributed by atoms with Crippen LogP contribution >= 0.6 is 0 Å². The number of imidazole rings is 1. The first-order valence-electron chi connectivity index (χ1n) is 11.0. The molecule has 1 amide bonds. The van der Waals surface area contributed by atoms with E-state index >= 15 is 0 Å². The van der Waals surface area contributed by atoms with E-state index in [4.69, 9.17) is 15.5 Å². The molecule has 1 unspecified atom stereocenters. The molecule has 0 aliphatic carbocycles. The topological polar surface area (TPSA) is 73.4 Å². The van der Waals surface area contributed by atoms with E-state index in [0.29, 0.717) is 36.2 Å². The van der Waals surface area contributed by atoms with Crippen LogP contribution < -0.4 is 10.5 Å². The van der Waals surface area contributed by atoms with Gasteiger partial charge in [-0.3, -0.25) is 9.36 Å². The third kappa shape index (κ3) is 4.55. The number of amides is 1. The normalized spacial score (nSPS) is 14.6. The molecule has 0 saturated heterocycles. The van der Waals surface area contributed by atoms with E-state index in [1.54, 1.807) is 22.6 Å². The molecular weight excluding hydrogens is 426 g/mol. The average molecular weight is 455 g/mol. The number of carbonyl (C=O) groups excluding carboxylic acids is 1. The molecule has 0 radical (unpaired) electrons. The van der Waals surface area contributed by atoms with Crippen LogP contribution in [-0.2, 0) is 0 Å². The molecule has 1 aliphatic heterocycles. The Bertz CT molecular complexity index is 1210. The highest BCUT2D eigenvalue weighted by atomic mass is 19.3. The fourth-order valence-corrected chi connectivity index (χ4v) is 3.94. The Balaban J connectivity index is 0.00000149. The zero-order chi connectivity index (χ0) is 24.1. The quantitative estimate of drug-likeness (QED) is 0.570. The van der Waals surface area contributed by atoms with Gasteiger partial charge in [0.05, 0.1) is 22.6 Å². The number of nitrogens with zero attached hydrogens (tertiary/aromatic N) is 3. The Hall–Kier alpha value is -3.44. The molecule has 0 fully saturated rings. The summed E-state index contributed by atoms with van der Waals surface area (Å²) in [7, 11) is 1.69. The SMILES string of the molecule is CC.CCC1c2nc3ccc(C#CCCN)cc3n2-c2c(OC(F)F)cccc2C(=O)N1C. The predicted octanol–water partition coefficient (Wildman–Crippen LogP) is 4.89. The summed E-state index contributed by atoms with van der Waals surface area (Å²) in [5.41, 5.74) is 8.14. The molecular formula is C25H28F2N4O2. The van der Waals surface area contributed by atoms with Gasteiger partial charge >= 0.3 is 6.61 Å². The fraction of sp³-hybridized carbons (Fsp3) is 0.360. The van der Waals surface area contributed by atoms with Crippen LogP contribution in [0.15, 0.2) is 36.4 Å². The largest absolute Gasteiger partial charge is 0.433 e. The van der Waals surface area contributed by atoms with Gasteiger partial charge < -0.3 is 15.4 Å². The lowest BCUT2D eigenvalue weighted by Crippen LogP contribution is -2.30. The van der Waals surface area contributed by atoms with E-state index < -0.39 is 6.61 Å². The first kappa shape index (κ1) is 24.2. The second-order valence-corrected chi connectivity index (χ2v) is 7.22. The molecule has 2 heterocycles. The number of ether oxygens (including phenoxy) is 1. The molecule has 0 bridgehead atoms. The van der Waals surface area contributed by atoms with Crippen molar-refractivity contribution < 1.29 is 18.3 Å². The number of carbonyl (C=O) groups is 1. The zero-order valence-corrected chi connectivity index (χ0v) is 19.2. The van der Waals surface area contributed by atoms with Crippen molar-refractivity contribution in [1.29, 1.82) is 0 Å². The van der Waals surface area contributed by atoms with Gasteiger partial charge in [0.25, 0.3) is 5.91 Å². The number of halogens is 2. The van der Waals surface area contributed by atoms with Crippen LogP contribution in [0.25, 0.3) is 16.7 Å². The van der Waals surface area contributed by atoms with E-state index in [1.165, 1.54) is 12.1 Å².